The van der Waals surface area contributed by atoms with Gasteiger partial charge in [-0.2, -0.15) is 0 Å². The van der Waals surface area contributed by atoms with Crippen molar-refractivity contribution in [2.24, 2.45) is 0 Å². The summed E-state index contributed by atoms with van der Waals surface area (Å²) in [5.41, 5.74) is -0.202. The molecule has 4 heteroatoms. The van der Waals surface area contributed by atoms with E-state index < -0.39 is 5.78 Å². The van der Waals surface area contributed by atoms with E-state index in [0.717, 1.165) is 0 Å². The van der Waals surface area contributed by atoms with Crippen molar-refractivity contribution < 1.29 is 9.59 Å². The average molecular weight is 162 g/mol. The monoisotopic (exact) mass is 162 g/mol. The van der Waals surface area contributed by atoms with Crippen LogP contribution in [0.5, 0.6) is 0 Å². The minimum atomic E-state index is -0.486. The molecule has 1 radical (unpaired) electrons. The summed E-state index contributed by atoms with van der Waals surface area (Å²) in [6.07, 6.45) is 2.42. The summed E-state index contributed by atoms with van der Waals surface area (Å²) in [5.74, 6) is 0.491. The molecule has 0 aliphatic carbocycles. The summed E-state index contributed by atoms with van der Waals surface area (Å²) < 4.78 is 0. The SMILES string of the molecule is [B]=CC=CC(=N)C(=O)CC(C)=O. The second-order valence-corrected chi connectivity index (χ2v) is 2.27. The van der Waals surface area contributed by atoms with Crippen LogP contribution in [0.15, 0.2) is 12.2 Å². The first-order valence-electron chi connectivity index (χ1n) is 3.40. The van der Waals surface area contributed by atoms with Gasteiger partial charge in [-0.15, -0.1) is 0 Å². The van der Waals surface area contributed by atoms with Crippen molar-refractivity contribution in [2.45, 2.75) is 13.3 Å². The molecular formula is C8H9BNO2. The van der Waals surface area contributed by atoms with Crippen molar-refractivity contribution in [2.75, 3.05) is 0 Å². The fraction of sp³-hybridized carbons (Fsp3) is 0.250. The van der Waals surface area contributed by atoms with E-state index in [2.05, 4.69) is 0 Å². The number of ketones is 2. The molecule has 0 spiro atoms. The molecule has 61 valence electrons. The first-order chi connectivity index (χ1) is 5.57. The van der Waals surface area contributed by atoms with Crippen molar-refractivity contribution >= 4 is 30.7 Å². The van der Waals surface area contributed by atoms with Gasteiger partial charge in [0.15, 0.2) is 0 Å². The fourth-order valence-corrected chi connectivity index (χ4v) is 0.566. The summed E-state index contributed by atoms with van der Waals surface area (Å²) in [5, 5.41) is 7.13. The second-order valence-electron chi connectivity index (χ2n) is 2.27. The van der Waals surface area contributed by atoms with Gasteiger partial charge < -0.3 is 0 Å². The first-order valence-corrected chi connectivity index (χ1v) is 3.40. The van der Waals surface area contributed by atoms with Crippen molar-refractivity contribution in [3.05, 3.63) is 12.2 Å². The predicted molar refractivity (Wildman–Crippen MR) is 49.0 cm³/mol. The Morgan fingerprint density at radius 2 is 2.08 bits per heavy atom. The van der Waals surface area contributed by atoms with Gasteiger partial charge in [-0.3, -0.25) is 0 Å². The van der Waals surface area contributed by atoms with Gasteiger partial charge in [0.2, 0.25) is 0 Å². The molecule has 0 atom stereocenters. The normalized spacial score (nSPS) is 9.67. The summed E-state index contributed by atoms with van der Waals surface area (Å²) in [7, 11) is 4.99. The third kappa shape index (κ3) is 4.49. The molecule has 0 amide bonds. The van der Waals surface area contributed by atoms with Crippen LogP contribution in [-0.2, 0) is 9.59 Å². The maximum atomic E-state index is 10.9. The third-order valence-electron chi connectivity index (χ3n) is 1.08. The molecule has 0 unspecified atom stereocenters. The van der Waals surface area contributed by atoms with Crippen LogP contribution in [0.3, 0.4) is 0 Å². The van der Waals surface area contributed by atoms with Crippen LogP contribution in [-0.4, -0.2) is 30.7 Å². The first kappa shape index (κ1) is 10.7. The molecule has 0 aromatic heterocycles. The van der Waals surface area contributed by atoms with E-state index in [-0.39, 0.29) is 17.9 Å². The van der Waals surface area contributed by atoms with Crippen molar-refractivity contribution in [3.63, 3.8) is 0 Å². The van der Waals surface area contributed by atoms with Crippen molar-refractivity contribution in [1.29, 1.82) is 5.41 Å². The summed E-state index contributed by atoms with van der Waals surface area (Å²) >= 11 is 0. The Kier molecular flexibility index (Phi) is 4.76. The van der Waals surface area contributed by atoms with E-state index in [0.29, 0.717) is 0 Å². The molecule has 0 saturated heterocycles. The number of nitrogens with one attached hydrogen (secondary N) is 1. The number of hydrogen-bond acceptors (Lipinski definition) is 3. The van der Waals surface area contributed by atoms with Gasteiger partial charge in [-0.1, -0.05) is 0 Å². The standard InChI is InChI=1S/C8H9BNO2/c1-6(11)5-8(12)7(10)3-2-4-9/h2-4,10H,5H2,1H3. The van der Waals surface area contributed by atoms with Crippen molar-refractivity contribution in [3.8, 4) is 0 Å². The molecule has 0 aromatic rings. The second kappa shape index (κ2) is 5.35. The van der Waals surface area contributed by atoms with Gasteiger partial charge in [0.05, 0.1) is 0 Å². The molecule has 0 heterocycles. The Bertz CT molecular complexity index is 256. The Morgan fingerprint density at radius 3 is 2.50 bits per heavy atom. The molecule has 0 bridgehead atoms. The van der Waals surface area contributed by atoms with E-state index in [4.69, 9.17) is 12.9 Å². The van der Waals surface area contributed by atoms with Crippen LogP contribution in [0.25, 0.3) is 0 Å². The molecule has 3 nitrogen and oxygen atoms in total. The number of carbonyl (C=O) groups excluding carboxylic acids is 2. The summed E-state index contributed by atoms with van der Waals surface area (Å²) in [6.45, 7) is 1.31. The van der Waals surface area contributed by atoms with Gasteiger partial charge in [0.1, 0.15) is 0 Å². The Labute approximate surface area is 72.1 Å². The Balaban J connectivity index is 4.11. The number of hydrogen-bond donors (Lipinski definition) is 1. The predicted octanol–water partition coefficient (Wildman–Crippen LogP) is 0.0813. The third-order valence-corrected chi connectivity index (χ3v) is 1.08. The molecular weight excluding hydrogens is 153 g/mol. The maximum absolute atomic E-state index is 10.9. The van der Waals surface area contributed by atoms with Gasteiger partial charge in [-0.25, -0.2) is 0 Å². The molecule has 1 N–H and O–H groups in total. The van der Waals surface area contributed by atoms with E-state index in [1.165, 1.54) is 25.0 Å². The Morgan fingerprint density at radius 1 is 1.50 bits per heavy atom. The molecule has 12 heavy (non-hydrogen) atoms. The van der Waals surface area contributed by atoms with Gasteiger partial charge >= 0.3 is 71.2 Å². The summed E-state index contributed by atoms with van der Waals surface area (Å²) in [4.78, 5) is 21.4. The van der Waals surface area contributed by atoms with Crippen LogP contribution in [0.1, 0.15) is 13.3 Å². The number of Topliss-reactive ketones (excluding diaryl/α,β-unsaturated/α-hetero) is 2. The molecule has 0 fully saturated rings. The zero-order valence-corrected chi connectivity index (χ0v) is 6.83. The molecule has 0 aliphatic rings. The molecule has 0 aliphatic heterocycles. The van der Waals surface area contributed by atoms with E-state index in [1.54, 1.807) is 0 Å². The fourth-order valence-electron chi connectivity index (χ4n) is 0.566. The van der Waals surface area contributed by atoms with Gasteiger partial charge in [0.25, 0.3) is 0 Å². The van der Waals surface area contributed by atoms with Crippen LogP contribution >= 0.6 is 0 Å². The Hall–Kier alpha value is -1.32. The quantitative estimate of drug-likeness (QED) is 0.353. The van der Waals surface area contributed by atoms with Crippen LogP contribution in [0.4, 0.5) is 0 Å². The number of allylic oxidation sites excluding steroid dienone is 2. The van der Waals surface area contributed by atoms with Gasteiger partial charge in [-0.05, 0) is 0 Å². The van der Waals surface area contributed by atoms with E-state index in [9.17, 15) is 9.59 Å². The molecule has 0 aromatic carbocycles. The van der Waals surface area contributed by atoms with Crippen molar-refractivity contribution in [1.82, 2.24) is 0 Å². The van der Waals surface area contributed by atoms with E-state index in [1.807, 2.05) is 0 Å². The minimum absolute atomic E-state index is 0.202. The zero-order chi connectivity index (χ0) is 9.56. The molecule has 0 rings (SSSR count). The van der Waals surface area contributed by atoms with E-state index >= 15 is 0 Å². The average Bonchev–Trinajstić information content (AvgIpc) is 1.98. The van der Waals surface area contributed by atoms with Crippen LogP contribution in [0, 0.1) is 5.41 Å². The topological polar surface area (TPSA) is 58.0 Å². The van der Waals surface area contributed by atoms with Gasteiger partial charge in [0, 0.05) is 0 Å². The number of carbonyl (C=O) groups is 2. The zero-order valence-electron chi connectivity index (χ0n) is 6.83. The number of rotatable bonds is 5. The summed E-state index contributed by atoms with van der Waals surface area (Å²) in [6, 6.07) is 0. The van der Waals surface area contributed by atoms with Crippen LogP contribution in [0.2, 0.25) is 0 Å². The molecule has 0 saturated carbocycles. The van der Waals surface area contributed by atoms with Crippen LogP contribution < -0.4 is 0 Å².